The number of carbonyl (C=O) groups excluding carboxylic acids is 2. The Morgan fingerprint density at radius 3 is 2.52 bits per heavy atom. The molecule has 216 valence electrons. The third-order valence-corrected chi connectivity index (χ3v) is 8.78. The highest BCUT2D eigenvalue weighted by atomic mass is 32.1. The molecule has 11 heteroatoms. The largest absolute Gasteiger partial charge is 0.391 e. The molecule has 2 saturated heterocycles. The number of hydrogen-bond donors (Lipinski definition) is 4. The normalized spacial score (nSPS) is 22.1. The van der Waals surface area contributed by atoms with Crippen molar-refractivity contribution in [1.29, 1.82) is 0 Å². The van der Waals surface area contributed by atoms with E-state index in [1.54, 1.807) is 17.6 Å². The first-order valence-electron chi connectivity index (χ1n) is 14.0. The van der Waals surface area contributed by atoms with Gasteiger partial charge in [0.05, 0.1) is 33.9 Å². The molecule has 4 rings (SSSR count). The van der Waals surface area contributed by atoms with Crippen LogP contribution in [0.4, 0.5) is 0 Å². The summed E-state index contributed by atoms with van der Waals surface area (Å²) in [5, 5.41) is 20.8. The van der Waals surface area contributed by atoms with Crippen LogP contribution in [0.25, 0.3) is 10.4 Å². The highest BCUT2D eigenvalue weighted by molar-refractivity contribution is 7.13. The van der Waals surface area contributed by atoms with Crippen LogP contribution in [0.1, 0.15) is 57.3 Å². The Morgan fingerprint density at radius 2 is 1.93 bits per heavy atom. The standard InChI is InChI=1S/C29H41N7O3S/c1-17(2)26(32-14-24(35-30)21-9-11-31-12-10-21)29(39)36-15-23(37)13-25(36)28(38)34-18(3)20-5-7-22(8-6-20)27-19(4)33-16-40-27/h5-8,14,16-18,21,23,25-26,31,37H,9-13,15,30H2,1-4H3,(H,34,38)/b32-14?,35-24+/t18-,23+,25-,26-/m0/s1. The van der Waals surface area contributed by atoms with E-state index >= 15 is 0 Å². The van der Waals surface area contributed by atoms with Gasteiger partial charge in [0.1, 0.15) is 12.1 Å². The number of aliphatic hydroxyl groups excluding tert-OH is 1. The highest BCUT2D eigenvalue weighted by Crippen LogP contribution is 2.29. The molecule has 0 bridgehead atoms. The van der Waals surface area contributed by atoms with E-state index in [1.165, 1.54) is 4.90 Å². The van der Waals surface area contributed by atoms with Crippen LogP contribution in [0.2, 0.25) is 0 Å². The lowest BCUT2D eigenvalue weighted by Crippen LogP contribution is -2.50. The molecule has 5 N–H and O–H groups in total. The zero-order valence-electron chi connectivity index (χ0n) is 23.7. The molecule has 40 heavy (non-hydrogen) atoms. The minimum absolute atomic E-state index is 0.0963. The maximum atomic E-state index is 13.7. The molecular weight excluding hydrogens is 526 g/mol. The SMILES string of the molecule is Cc1ncsc1-c1ccc([C@H](C)NC(=O)[C@@H]2C[C@@H](O)CN2C(=O)[C@@H](N=C/C(=N\N)C2CCNCC2)C(C)C)cc1. The quantitative estimate of drug-likeness (QED) is 0.208. The number of aliphatic hydroxyl groups is 1. The molecule has 0 radical (unpaired) electrons. The fourth-order valence-corrected chi connectivity index (χ4v) is 6.22. The summed E-state index contributed by atoms with van der Waals surface area (Å²) in [6.45, 7) is 9.62. The minimum Gasteiger partial charge on any atom is -0.391 e. The van der Waals surface area contributed by atoms with Crippen LogP contribution in [0.15, 0.2) is 39.9 Å². The minimum atomic E-state index is -0.773. The number of piperidine rings is 1. The lowest BCUT2D eigenvalue weighted by Gasteiger charge is -2.29. The lowest BCUT2D eigenvalue weighted by atomic mass is 9.93. The van der Waals surface area contributed by atoms with Gasteiger partial charge in [-0.3, -0.25) is 14.6 Å². The highest BCUT2D eigenvalue weighted by Gasteiger charge is 2.42. The predicted molar refractivity (Wildman–Crippen MR) is 159 cm³/mol. The number of nitrogens with one attached hydrogen (secondary N) is 2. The number of likely N-dealkylation sites (tertiary alicyclic amines) is 1. The van der Waals surface area contributed by atoms with Crippen LogP contribution in [-0.4, -0.2) is 76.6 Å². The van der Waals surface area contributed by atoms with Crippen molar-refractivity contribution >= 4 is 35.1 Å². The molecule has 2 amide bonds. The summed E-state index contributed by atoms with van der Waals surface area (Å²) in [5.74, 6) is 5.19. The van der Waals surface area contributed by atoms with Crippen LogP contribution in [0.5, 0.6) is 0 Å². The number of β-amino-alcohol motifs (C(OH)–C–C–N with tert-alkyl or cyclic N) is 1. The summed E-state index contributed by atoms with van der Waals surface area (Å²) >= 11 is 1.60. The van der Waals surface area contributed by atoms with Crippen molar-refractivity contribution in [1.82, 2.24) is 20.5 Å². The van der Waals surface area contributed by atoms with Crippen LogP contribution >= 0.6 is 11.3 Å². The fraction of sp³-hybridized carbons (Fsp3) is 0.552. The first kappa shape index (κ1) is 29.8. The van der Waals surface area contributed by atoms with E-state index in [2.05, 4.69) is 25.7 Å². The molecule has 2 aromatic rings. The van der Waals surface area contributed by atoms with Gasteiger partial charge in [0.25, 0.3) is 0 Å². The molecule has 0 aliphatic carbocycles. The number of hydrazone groups is 1. The maximum absolute atomic E-state index is 13.7. The Hall–Kier alpha value is -3.15. The monoisotopic (exact) mass is 567 g/mol. The number of amides is 2. The number of benzene rings is 1. The number of rotatable bonds is 9. The maximum Gasteiger partial charge on any atom is 0.248 e. The van der Waals surface area contributed by atoms with Gasteiger partial charge in [-0.25, -0.2) is 4.98 Å². The summed E-state index contributed by atoms with van der Waals surface area (Å²) in [4.78, 5) is 38.6. The summed E-state index contributed by atoms with van der Waals surface area (Å²) in [5.41, 5.74) is 5.54. The van der Waals surface area contributed by atoms with E-state index in [4.69, 9.17) is 5.84 Å². The van der Waals surface area contributed by atoms with Crippen LogP contribution in [0, 0.1) is 18.8 Å². The van der Waals surface area contributed by atoms with Crippen molar-refractivity contribution < 1.29 is 14.7 Å². The number of carbonyl (C=O) groups is 2. The van der Waals surface area contributed by atoms with E-state index in [1.807, 2.05) is 57.5 Å². The van der Waals surface area contributed by atoms with Gasteiger partial charge in [0.15, 0.2) is 0 Å². The molecule has 4 atom stereocenters. The first-order chi connectivity index (χ1) is 19.2. The molecular formula is C29H41N7O3S. The summed E-state index contributed by atoms with van der Waals surface area (Å²) < 4.78 is 0. The second-order valence-electron chi connectivity index (χ2n) is 11.1. The van der Waals surface area contributed by atoms with Crippen molar-refractivity contribution in [2.45, 2.75) is 71.2 Å². The first-order valence-corrected chi connectivity index (χ1v) is 14.9. The molecule has 2 fully saturated rings. The zero-order valence-corrected chi connectivity index (χ0v) is 24.5. The van der Waals surface area contributed by atoms with Crippen molar-refractivity contribution in [3.63, 3.8) is 0 Å². The Morgan fingerprint density at radius 1 is 1.23 bits per heavy atom. The number of aliphatic imine (C=N–C) groups is 1. The third-order valence-electron chi connectivity index (χ3n) is 7.80. The van der Waals surface area contributed by atoms with Gasteiger partial charge in [0.2, 0.25) is 11.8 Å². The summed E-state index contributed by atoms with van der Waals surface area (Å²) in [6.07, 6.45) is 2.86. The van der Waals surface area contributed by atoms with E-state index in [9.17, 15) is 14.7 Å². The van der Waals surface area contributed by atoms with Crippen LogP contribution in [-0.2, 0) is 9.59 Å². The van der Waals surface area contributed by atoms with Gasteiger partial charge < -0.3 is 26.5 Å². The second kappa shape index (κ2) is 13.5. The average Bonchev–Trinajstić information content (AvgIpc) is 3.56. The average molecular weight is 568 g/mol. The molecule has 2 aliphatic heterocycles. The Kier molecular flexibility index (Phi) is 10.0. The van der Waals surface area contributed by atoms with Gasteiger partial charge in [0, 0.05) is 25.1 Å². The van der Waals surface area contributed by atoms with Crippen molar-refractivity contribution in [3.8, 4) is 10.4 Å². The number of aryl methyl sites for hydroxylation is 1. The molecule has 3 heterocycles. The molecule has 0 unspecified atom stereocenters. The smallest absolute Gasteiger partial charge is 0.248 e. The van der Waals surface area contributed by atoms with Gasteiger partial charge in [-0.05, 0) is 56.8 Å². The van der Waals surface area contributed by atoms with E-state index in [0.717, 1.165) is 47.6 Å². The van der Waals surface area contributed by atoms with Crippen LogP contribution in [0.3, 0.4) is 0 Å². The predicted octanol–water partition coefficient (Wildman–Crippen LogP) is 2.67. The summed E-state index contributed by atoms with van der Waals surface area (Å²) in [6, 6.07) is 6.30. The number of aromatic nitrogens is 1. The van der Waals surface area contributed by atoms with Crippen LogP contribution < -0.4 is 16.5 Å². The Bertz CT molecular complexity index is 1220. The van der Waals surface area contributed by atoms with Crippen molar-refractivity contribution in [2.24, 2.45) is 27.8 Å². The van der Waals surface area contributed by atoms with Gasteiger partial charge in [-0.2, -0.15) is 5.10 Å². The summed E-state index contributed by atoms with van der Waals surface area (Å²) in [7, 11) is 0. The van der Waals surface area contributed by atoms with E-state index in [0.29, 0.717) is 5.71 Å². The second-order valence-corrected chi connectivity index (χ2v) is 11.9. The molecule has 0 spiro atoms. The topological polar surface area (TPSA) is 145 Å². The third kappa shape index (κ3) is 6.94. The molecule has 2 aliphatic rings. The number of nitrogens with zero attached hydrogens (tertiary/aromatic N) is 4. The van der Waals surface area contributed by atoms with Gasteiger partial charge in [-0.1, -0.05) is 38.1 Å². The van der Waals surface area contributed by atoms with Gasteiger partial charge in [-0.15, -0.1) is 11.3 Å². The van der Waals surface area contributed by atoms with E-state index < -0.39 is 18.2 Å². The number of thiazole rings is 1. The van der Waals surface area contributed by atoms with Crippen molar-refractivity contribution in [2.75, 3.05) is 19.6 Å². The number of nitrogens with two attached hydrogens (primary N) is 1. The molecule has 1 aromatic carbocycles. The fourth-order valence-electron chi connectivity index (χ4n) is 5.41. The molecule has 1 aromatic heterocycles. The zero-order chi connectivity index (χ0) is 28.8. The Labute approximate surface area is 240 Å². The molecule has 0 saturated carbocycles. The lowest BCUT2D eigenvalue weighted by molar-refractivity contribution is -0.140. The Balaban J connectivity index is 1.44. The van der Waals surface area contributed by atoms with Crippen molar-refractivity contribution in [3.05, 3.63) is 41.0 Å². The molecule has 10 nitrogen and oxygen atoms in total. The van der Waals surface area contributed by atoms with E-state index in [-0.39, 0.29) is 42.7 Å². The number of hydrogen-bond acceptors (Lipinski definition) is 9. The van der Waals surface area contributed by atoms with Gasteiger partial charge >= 0.3 is 0 Å².